The van der Waals surface area contributed by atoms with Gasteiger partial charge in [-0.15, -0.1) is 6.58 Å². The Morgan fingerprint density at radius 3 is 2.87 bits per heavy atom. The minimum Gasteiger partial charge on any atom is -0.490 e. The zero-order valence-electron chi connectivity index (χ0n) is 9.36. The van der Waals surface area contributed by atoms with Crippen LogP contribution >= 0.6 is 0 Å². The lowest BCUT2D eigenvalue weighted by molar-refractivity contribution is 0.212. The first-order chi connectivity index (χ1) is 7.17. The molecule has 0 saturated heterocycles. The maximum Gasteiger partial charge on any atom is 0.125 e. The molecule has 1 aromatic rings. The summed E-state index contributed by atoms with van der Waals surface area (Å²) in [6.07, 6.45) is 2.73. The minimum atomic E-state index is 0.0117. The quantitative estimate of drug-likeness (QED) is 0.751. The van der Waals surface area contributed by atoms with Crippen molar-refractivity contribution in [1.29, 1.82) is 0 Å². The second kappa shape index (κ2) is 5.56. The van der Waals surface area contributed by atoms with Crippen LogP contribution in [0.5, 0.6) is 5.75 Å². The van der Waals surface area contributed by atoms with Crippen molar-refractivity contribution in [3.8, 4) is 5.75 Å². The molecular formula is C13H18O2. The first-order valence-electron chi connectivity index (χ1n) is 5.15. The Labute approximate surface area is 91.2 Å². The number of ether oxygens (including phenoxy) is 1. The highest BCUT2D eigenvalue weighted by molar-refractivity contribution is 5.36. The normalized spacial score (nSPS) is 12.2. The third-order valence-electron chi connectivity index (χ3n) is 2.21. The van der Waals surface area contributed by atoms with Crippen LogP contribution < -0.4 is 4.74 Å². The van der Waals surface area contributed by atoms with Crippen molar-refractivity contribution in [2.45, 2.75) is 33.0 Å². The molecule has 2 nitrogen and oxygen atoms in total. The van der Waals surface area contributed by atoms with Gasteiger partial charge in [0.2, 0.25) is 0 Å². The molecule has 0 amide bonds. The van der Waals surface area contributed by atoms with Crippen LogP contribution in [0.25, 0.3) is 0 Å². The SMILES string of the molecule is C=CCC(C)Oc1ccc(C)cc1CO. The largest absolute Gasteiger partial charge is 0.490 e. The lowest BCUT2D eigenvalue weighted by Gasteiger charge is -2.15. The molecule has 0 saturated carbocycles. The van der Waals surface area contributed by atoms with Crippen LogP contribution in [-0.2, 0) is 6.61 Å². The molecule has 1 rings (SSSR count). The molecule has 1 N–H and O–H groups in total. The Morgan fingerprint density at radius 1 is 1.53 bits per heavy atom. The van der Waals surface area contributed by atoms with Crippen molar-refractivity contribution in [2.75, 3.05) is 0 Å². The smallest absolute Gasteiger partial charge is 0.125 e. The summed E-state index contributed by atoms with van der Waals surface area (Å²) < 4.78 is 5.70. The second-order valence-corrected chi connectivity index (χ2v) is 3.72. The predicted octanol–water partition coefficient (Wildman–Crippen LogP) is 2.83. The highest BCUT2D eigenvalue weighted by atomic mass is 16.5. The molecule has 82 valence electrons. The number of hydrogen-bond donors (Lipinski definition) is 1. The van der Waals surface area contributed by atoms with E-state index in [2.05, 4.69) is 6.58 Å². The molecule has 1 atom stereocenters. The van der Waals surface area contributed by atoms with Crippen LogP contribution in [0.4, 0.5) is 0 Å². The standard InChI is InChI=1S/C13H18O2/c1-4-5-11(3)15-13-7-6-10(2)8-12(13)9-14/h4,6-8,11,14H,1,5,9H2,2-3H3. The maximum absolute atomic E-state index is 9.19. The molecule has 15 heavy (non-hydrogen) atoms. The number of aliphatic hydroxyl groups is 1. The van der Waals surface area contributed by atoms with Gasteiger partial charge in [0.25, 0.3) is 0 Å². The van der Waals surface area contributed by atoms with Crippen LogP contribution in [0.15, 0.2) is 30.9 Å². The van der Waals surface area contributed by atoms with Crippen LogP contribution in [0.1, 0.15) is 24.5 Å². The lowest BCUT2D eigenvalue weighted by atomic mass is 10.1. The third kappa shape index (κ3) is 3.40. The van der Waals surface area contributed by atoms with E-state index in [0.717, 1.165) is 23.3 Å². The summed E-state index contributed by atoms with van der Waals surface area (Å²) in [4.78, 5) is 0. The predicted molar refractivity (Wildman–Crippen MR) is 62.0 cm³/mol. The van der Waals surface area contributed by atoms with Crippen molar-refractivity contribution < 1.29 is 9.84 Å². The van der Waals surface area contributed by atoms with Gasteiger partial charge in [-0.25, -0.2) is 0 Å². The van der Waals surface area contributed by atoms with Gasteiger partial charge in [-0.05, 0) is 19.9 Å². The molecule has 0 aliphatic rings. The first-order valence-corrected chi connectivity index (χ1v) is 5.15. The van der Waals surface area contributed by atoms with Gasteiger partial charge in [-0.1, -0.05) is 23.8 Å². The summed E-state index contributed by atoms with van der Waals surface area (Å²) in [5.74, 6) is 0.762. The van der Waals surface area contributed by atoms with Crippen molar-refractivity contribution in [1.82, 2.24) is 0 Å². The molecule has 2 heteroatoms. The van der Waals surface area contributed by atoms with E-state index in [1.165, 1.54) is 0 Å². The fraction of sp³-hybridized carbons (Fsp3) is 0.385. The summed E-state index contributed by atoms with van der Waals surface area (Å²) in [6.45, 7) is 7.67. The van der Waals surface area contributed by atoms with Gasteiger partial charge in [0.05, 0.1) is 12.7 Å². The Bertz CT molecular complexity index is 331. The summed E-state index contributed by atoms with van der Waals surface area (Å²) in [6, 6.07) is 5.82. The van der Waals surface area contributed by atoms with Gasteiger partial charge in [0.1, 0.15) is 5.75 Å². The fourth-order valence-corrected chi connectivity index (χ4v) is 1.45. The number of hydrogen-bond acceptors (Lipinski definition) is 2. The van der Waals surface area contributed by atoms with Crippen LogP contribution in [-0.4, -0.2) is 11.2 Å². The topological polar surface area (TPSA) is 29.5 Å². The molecule has 0 spiro atoms. The third-order valence-corrected chi connectivity index (χ3v) is 2.21. The van der Waals surface area contributed by atoms with E-state index in [-0.39, 0.29) is 12.7 Å². The summed E-state index contributed by atoms with van der Waals surface area (Å²) in [5, 5.41) is 9.19. The Hall–Kier alpha value is -1.28. The number of aliphatic hydroxyl groups excluding tert-OH is 1. The zero-order chi connectivity index (χ0) is 11.3. The highest BCUT2D eigenvalue weighted by Crippen LogP contribution is 2.21. The molecule has 1 aromatic carbocycles. The molecule has 0 fully saturated rings. The van der Waals surface area contributed by atoms with E-state index in [0.29, 0.717) is 0 Å². The second-order valence-electron chi connectivity index (χ2n) is 3.72. The molecule has 1 unspecified atom stereocenters. The highest BCUT2D eigenvalue weighted by Gasteiger charge is 2.06. The van der Waals surface area contributed by atoms with Gasteiger partial charge in [0, 0.05) is 12.0 Å². The summed E-state index contributed by atoms with van der Waals surface area (Å²) in [7, 11) is 0. The number of benzene rings is 1. The molecule has 0 bridgehead atoms. The van der Waals surface area contributed by atoms with E-state index < -0.39 is 0 Å². The Morgan fingerprint density at radius 2 is 2.27 bits per heavy atom. The van der Waals surface area contributed by atoms with E-state index in [1.54, 1.807) is 0 Å². The molecular weight excluding hydrogens is 188 g/mol. The van der Waals surface area contributed by atoms with Gasteiger partial charge in [0.15, 0.2) is 0 Å². The van der Waals surface area contributed by atoms with E-state index >= 15 is 0 Å². The van der Waals surface area contributed by atoms with Crippen molar-refractivity contribution in [3.05, 3.63) is 42.0 Å². The van der Waals surface area contributed by atoms with Crippen LogP contribution in [0.3, 0.4) is 0 Å². The van der Waals surface area contributed by atoms with Crippen molar-refractivity contribution >= 4 is 0 Å². The van der Waals surface area contributed by atoms with Gasteiger partial charge >= 0.3 is 0 Å². The number of aryl methyl sites for hydroxylation is 1. The van der Waals surface area contributed by atoms with E-state index in [1.807, 2.05) is 38.1 Å². The Kier molecular flexibility index (Phi) is 4.37. The Balaban J connectivity index is 2.79. The van der Waals surface area contributed by atoms with Gasteiger partial charge < -0.3 is 9.84 Å². The van der Waals surface area contributed by atoms with Crippen molar-refractivity contribution in [3.63, 3.8) is 0 Å². The molecule has 0 aliphatic heterocycles. The van der Waals surface area contributed by atoms with E-state index in [9.17, 15) is 5.11 Å². The minimum absolute atomic E-state index is 0.0117. The molecule has 0 radical (unpaired) electrons. The molecule has 0 aliphatic carbocycles. The average molecular weight is 206 g/mol. The molecule has 0 heterocycles. The van der Waals surface area contributed by atoms with Crippen LogP contribution in [0, 0.1) is 6.92 Å². The zero-order valence-corrected chi connectivity index (χ0v) is 9.36. The first kappa shape index (κ1) is 11.8. The summed E-state index contributed by atoms with van der Waals surface area (Å²) in [5.41, 5.74) is 1.97. The molecule has 0 aromatic heterocycles. The lowest BCUT2D eigenvalue weighted by Crippen LogP contribution is -2.11. The van der Waals surface area contributed by atoms with Crippen LogP contribution in [0.2, 0.25) is 0 Å². The van der Waals surface area contributed by atoms with Gasteiger partial charge in [-0.2, -0.15) is 0 Å². The van der Waals surface area contributed by atoms with E-state index in [4.69, 9.17) is 4.74 Å². The fourth-order valence-electron chi connectivity index (χ4n) is 1.45. The maximum atomic E-state index is 9.19. The number of rotatable bonds is 5. The average Bonchev–Trinajstić information content (AvgIpc) is 2.21. The summed E-state index contributed by atoms with van der Waals surface area (Å²) >= 11 is 0. The van der Waals surface area contributed by atoms with Gasteiger partial charge in [-0.3, -0.25) is 0 Å². The van der Waals surface area contributed by atoms with Crippen molar-refractivity contribution in [2.24, 2.45) is 0 Å². The monoisotopic (exact) mass is 206 g/mol.